The standard InChI is InChI=1S/C10H18N2O3/c1-3-12-6-5-11-10(14)8(12)7-9(13)15-4-2/h8H,3-7H2,1-2H3,(H,11,14). The summed E-state index contributed by atoms with van der Waals surface area (Å²) < 4.78 is 4.84. The molecule has 0 spiro atoms. The van der Waals surface area contributed by atoms with Crippen LogP contribution in [0.4, 0.5) is 0 Å². The average molecular weight is 214 g/mol. The van der Waals surface area contributed by atoms with E-state index in [2.05, 4.69) is 5.32 Å². The number of hydrogen-bond acceptors (Lipinski definition) is 4. The molecule has 15 heavy (non-hydrogen) atoms. The minimum absolute atomic E-state index is 0.0730. The van der Waals surface area contributed by atoms with Crippen LogP contribution in [-0.2, 0) is 14.3 Å². The molecule has 86 valence electrons. The number of amides is 1. The van der Waals surface area contributed by atoms with Crippen molar-refractivity contribution in [1.29, 1.82) is 0 Å². The Hall–Kier alpha value is -1.10. The van der Waals surface area contributed by atoms with Gasteiger partial charge in [0, 0.05) is 13.1 Å². The Morgan fingerprint density at radius 3 is 2.93 bits per heavy atom. The van der Waals surface area contributed by atoms with Gasteiger partial charge in [-0.3, -0.25) is 14.5 Å². The van der Waals surface area contributed by atoms with Crippen LogP contribution in [0.25, 0.3) is 0 Å². The van der Waals surface area contributed by atoms with Crippen molar-refractivity contribution in [2.45, 2.75) is 26.3 Å². The van der Waals surface area contributed by atoms with Crippen molar-refractivity contribution in [2.75, 3.05) is 26.2 Å². The van der Waals surface area contributed by atoms with E-state index >= 15 is 0 Å². The van der Waals surface area contributed by atoms with Crippen molar-refractivity contribution in [2.24, 2.45) is 0 Å². The summed E-state index contributed by atoms with van der Waals surface area (Å²) in [6.07, 6.45) is 0.146. The maximum absolute atomic E-state index is 11.5. The van der Waals surface area contributed by atoms with Crippen LogP contribution in [-0.4, -0.2) is 49.1 Å². The Labute approximate surface area is 89.8 Å². The largest absolute Gasteiger partial charge is 0.466 e. The number of esters is 1. The molecule has 1 unspecified atom stereocenters. The Bertz CT molecular complexity index is 243. The van der Waals surface area contributed by atoms with Gasteiger partial charge in [-0.05, 0) is 13.5 Å². The van der Waals surface area contributed by atoms with Crippen molar-refractivity contribution >= 4 is 11.9 Å². The molecule has 1 saturated heterocycles. The fraction of sp³-hybridized carbons (Fsp3) is 0.800. The molecule has 1 aliphatic rings. The summed E-state index contributed by atoms with van der Waals surface area (Å²) in [5.41, 5.74) is 0. The number of carbonyl (C=O) groups is 2. The Morgan fingerprint density at radius 2 is 2.33 bits per heavy atom. The zero-order chi connectivity index (χ0) is 11.3. The molecule has 0 aliphatic carbocycles. The molecule has 1 N–H and O–H groups in total. The van der Waals surface area contributed by atoms with E-state index in [1.165, 1.54) is 0 Å². The minimum atomic E-state index is -0.359. The smallest absolute Gasteiger partial charge is 0.307 e. The van der Waals surface area contributed by atoms with Gasteiger partial charge in [-0.2, -0.15) is 0 Å². The molecule has 0 radical (unpaired) electrons. The highest BCUT2D eigenvalue weighted by atomic mass is 16.5. The van der Waals surface area contributed by atoms with E-state index in [9.17, 15) is 9.59 Å². The summed E-state index contributed by atoms with van der Waals surface area (Å²) in [6.45, 7) is 6.34. The van der Waals surface area contributed by atoms with E-state index < -0.39 is 0 Å². The molecule has 0 aromatic rings. The summed E-state index contributed by atoms with van der Waals surface area (Å²) in [5, 5.41) is 2.76. The first-order valence-corrected chi connectivity index (χ1v) is 5.36. The highest BCUT2D eigenvalue weighted by molar-refractivity contribution is 5.87. The molecule has 0 bridgehead atoms. The Morgan fingerprint density at radius 1 is 1.60 bits per heavy atom. The molecule has 1 amide bonds. The number of ether oxygens (including phenoxy) is 1. The number of piperazine rings is 1. The summed E-state index contributed by atoms with van der Waals surface area (Å²) in [4.78, 5) is 24.8. The zero-order valence-corrected chi connectivity index (χ0v) is 9.28. The second-order valence-electron chi connectivity index (χ2n) is 3.44. The molecular weight excluding hydrogens is 196 g/mol. The van der Waals surface area contributed by atoms with E-state index in [0.29, 0.717) is 13.2 Å². The van der Waals surface area contributed by atoms with E-state index in [1.54, 1.807) is 6.92 Å². The molecule has 1 fully saturated rings. The molecule has 0 aromatic heterocycles. The van der Waals surface area contributed by atoms with Crippen LogP contribution in [0.1, 0.15) is 20.3 Å². The van der Waals surface area contributed by atoms with E-state index in [-0.39, 0.29) is 24.3 Å². The fourth-order valence-corrected chi connectivity index (χ4v) is 1.74. The number of hydrogen-bond donors (Lipinski definition) is 1. The van der Waals surface area contributed by atoms with Crippen LogP contribution >= 0.6 is 0 Å². The van der Waals surface area contributed by atoms with E-state index in [4.69, 9.17) is 4.74 Å². The van der Waals surface area contributed by atoms with Crippen LogP contribution in [0, 0.1) is 0 Å². The summed E-state index contributed by atoms with van der Waals surface area (Å²) in [6, 6.07) is -0.359. The van der Waals surface area contributed by atoms with Crippen molar-refractivity contribution in [3.63, 3.8) is 0 Å². The molecule has 5 nitrogen and oxygen atoms in total. The molecule has 5 heteroatoms. The third kappa shape index (κ3) is 3.20. The van der Waals surface area contributed by atoms with Gasteiger partial charge in [0.2, 0.25) is 5.91 Å². The topological polar surface area (TPSA) is 58.6 Å². The number of rotatable bonds is 4. The quantitative estimate of drug-likeness (QED) is 0.656. The molecule has 1 heterocycles. The number of carbonyl (C=O) groups excluding carboxylic acids is 2. The lowest BCUT2D eigenvalue weighted by molar-refractivity contribution is -0.147. The van der Waals surface area contributed by atoms with Gasteiger partial charge in [0.05, 0.1) is 19.1 Å². The monoisotopic (exact) mass is 214 g/mol. The summed E-state index contributed by atoms with van der Waals surface area (Å²) in [5.74, 6) is -0.380. The maximum atomic E-state index is 11.5. The van der Waals surface area contributed by atoms with Gasteiger partial charge >= 0.3 is 5.97 Å². The van der Waals surface area contributed by atoms with E-state index in [1.807, 2.05) is 11.8 Å². The van der Waals surface area contributed by atoms with Crippen molar-refractivity contribution < 1.29 is 14.3 Å². The van der Waals surface area contributed by atoms with Gasteiger partial charge in [0.1, 0.15) is 0 Å². The second kappa shape index (κ2) is 5.70. The SMILES string of the molecule is CCOC(=O)CC1C(=O)NCCN1CC. The lowest BCUT2D eigenvalue weighted by Crippen LogP contribution is -2.55. The first-order chi connectivity index (χ1) is 7.19. The van der Waals surface area contributed by atoms with Crippen molar-refractivity contribution in [3.8, 4) is 0 Å². The van der Waals surface area contributed by atoms with Gasteiger partial charge in [-0.1, -0.05) is 6.92 Å². The predicted octanol–water partition coefficient (Wildman–Crippen LogP) is -0.240. The minimum Gasteiger partial charge on any atom is -0.466 e. The zero-order valence-electron chi connectivity index (χ0n) is 9.28. The first-order valence-electron chi connectivity index (χ1n) is 5.36. The van der Waals surface area contributed by atoms with Gasteiger partial charge in [-0.25, -0.2) is 0 Å². The van der Waals surface area contributed by atoms with Gasteiger partial charge in [0.15, 0.2) is 0 Å². The summed E-state index contributed by atoms with van der Waals surface area (Å²) >= 11 is 0. The predicted molar refractivity (Wildman–Crippen MR) is 55.3 cm³/mol. The lowest BCUT2D eigenvalue weighted by atomic mass is 10.1. The highest BCUT2D eigenvalue weighted by Crippen LogP contribution is 2.09. The van der Waals surface area contributed by atoms with Crippen LogP contribution in [0.2, 0.25) is 0 Å². The van der Waals surface area contributed by atoms with Crippen molar-refractivity contribution in [1.82, 2.24) is 10.2 Å². The van der Waals surface area contributed by atoms with Crippen LogP contribution in [0.5, 0.6) is 0 Å². The maximum Gasteiger partial charge on any atom is 0.307 e. The number of likely N-dealkylation sites (N-methyl/N-ethyl adjacent to an activating group) is 1. The first kappa shape index (κ1) is 12.0. The van der Waals surface area contributed by atoms with Gasteiger partial charge in [-0.15, -0.1) is 0 Å². The summed E-state index contributed by atoms with van der Waals surface area (Å²) in [7, 11) is 0. The molecule has 1 aliphatic heterocycles. The fourth-order valence-electron chi connectivity index (χ4n) is 1.74. The van der Waals surface area contributed by atoms with Crippen LogP contribution < -0.4 is 5.32 Å². The Balaban J connectivity index is 2.54. The average Bonchev–Trinajstić information content (AvgIpc) is 2.21. The molecule has 1 rings (SSSR count). The van der Waals surface area contributed by atoms with E-state index in [0.717, 1.165) is 13.1 Å². The number of nitrogens with zero attached hydrogens (tertiary/aromatic N) is 1. The normalized spacial score (nSPS) is 22.3. The Kier molecular flexibility index (Phi) is 4.55. The molecule has 0 aromatic carbocycles. The van der Waals surface area contributed by atoms with Crippen LogP contribution in [0.3, 0.4) is 0 Å². The molecule has 1 atom stereocenters. The molecular formula is C10H18N2O3. The third-order valence-electron chi connectivity index (χ3n) is 2.51. The second-order valence-corrected chi connectivity index (χ2v) is 3.44. The van der Waals surface area contributed by atoms with Gasteiger partial charge < -0.3 is 10.1 Å². The third-order valence-corrected chi connectivity index (χ3v) is 2.51. The highest BCUT2D eigenvalue weighted by Gasteiger charge is 2.30. The van der Waals surface area contributed by atoms with Crippen molar-refractivity contribution in [3.05, 3.63) is 0 Å². The lowest BCUT2D eigenvalue weighted by Gasteiger charge is -2.33. The van der Waals surface area contributed by atoms with Gasteiger partial charge in [0.25, 0.3) is 0 Å². The number of nitrogens with one attached hydrogen (secondary N) is 1. The van der Waals surface area contributed by atoms with Crippen LogP contribution in [0.15, 0.2) is 0 Å². The molecule has 0 saturated carbocycles.